The number of carbonyl (C=O) groups is 1. The van der Waals surface area contributed by atoms with Gasteiger partial charge in [-0.1, -0.05) is 34.6 Å². The van der Waals surface area contributed by atoms with Gasteiger partial charge in [0.2, 0.25) is 5.91 Å². The lowest BCUT2D eigenvalue weighted by molar-refractivity contribution is -0.137. The van der Waals surface area contributed by atoms with E-state index in [0.29, 0.717) is 17.9 Å². The fraction of sp³-hybridized carbons (Fsp3) is 0.941. The molecule has 0 radical (unpaired) electrons. The van der Waals surface area contributed by atoms with E-state index in [1.807, 2.05) is 11.9 Å². The fourth-order valence-corrected chi connectivity index (χ4v) is 3.30. The zero-order chi connectivity index (χ0) is 15.6. The first-order valence-corrected chi connectivity index (χ1v) is 8.02. The molecule has 1 saturated carbocycles. The highest BCUT2D eigenvalue weighted by Gasteiger charge is 2.34. The molecule has 1 aliphatic carbocycles. The summed E-state index contributed by atoms with van der Waals surface area (Å²) < 4.78 is 0. The topological polar surface area (TPSA) is 46.3 Å². The van der Waals surface area contributed by atoms with Crippen molar-refractivity contribution in [2.24, 2.45) is 28.4 Å². The van der Waals surface area contributed by atoms with Crippen molar-refractivity contribution in [3.8, 4) is 0 Å². The largest absolute Gasteiger partial charge is 0.345 e. The highest BCUT2D eigenvalue weighted by Crippen LogP contribution is 2.40. The number of rotatable bonds is 4. The second-order valence-corrected chi connectivity index (χ2v) is 8.48. The Morgan fingerprint density at radius 1 is 1.10 bits per heavy atom. The van der Waals surface area contributed by atoms with Crippen molar-refractivity contribution >= 4 is 5.91 Å². The average molecular weight is 282 g/mol. The summed E-state index contributed by atoms with van der Waals surface area (Å²) in [5, 5.41) is 0. The molecule has 0 bridgehead atoms. The molecular weight excluding hydrogens is 248 g/mol. The van der Waals surface area contributed by atoms with Gasteiger partial charge in [0.15, 0.2) is 0 Å². The SMILES string of the molecule is CN(CC(C)(C)CN)C(=O)C1CCC(C(C)(C)C)CC1. The summed E-state index contributed by atoms with van der Waals surface area (Å²) in [6.45, 7) is 12.5. The monoisotopic (exact) mass is 282 g/mol. The summed E-state index contributed by atoms with van der Waals surface area (Å²) in [7, 11) is 1.93. The van der Waals surface area contributed by atoms with Crippen LogP contribution in [0, 0.1) is 22.7 Å². The molecular formula is C17H34N2O. The van der Waals surface area contributed by atoms with Crippen LogP contribution < -0.4 is 5.73 Å². The van der Waals surface area contributed by atoms with E-state index < -0.39 is 0 Å². The van der Waals surface area contributed by atoms with Crippen LogP contribution in [-0.4, -0.2) is 30.9 Å². The molecule has 2 N–H and O–H groups in total. The van der Waals surface area contributed by atoms with Crippen molar-refractivity contribution in [2.45, 2.75) is 60.3 Å². The lowest BCUT2D eigenvalue weighted by Gasteiger charge is -2.38. The molecule has 0 aromatic rings. The van der Waals surface area contributed by atoms with E-state index in [2.05, 4.69) is 34.6 Å². The highest BCUT2D eigenvalue weighted by atomic mass is 16.2. The van der Waals surface area contributed by atoms with E-state index in [-0.39, 0.29) is 11.3 Å². The predicted molar refractivity (Wildman–Crippen MR) is 85.4 cm³/mol. The minimum Gasteiger partial charge on any atom is -0.345 e. The van der Waals surface area contributed by atoms with E-state index >= 15 is 0 Å². The maximum absolute atomic E-state index is 12.5. The van der Waals surface area contributed by atoms with Crippen LogP contribution in [0.4, 0.5) is 0 Å². The van der Waals surface area contributed by atoms with Crippen LogP contribution in [0.5, 0.6) is 0 Å². The number of amides is 1. The zero-order valence-electron chi connectivity index (χ0n) is 14.3. The van der Waals surface area contributed by atoms with Crippen LogP contribution in [0.2, 0.25) is 0 Å². The van der Waals surface area contributed by atoms with Gasteiger partial charge in [-0.15, -0.1) is 0 Å². The van der Waals surface area contributed by atoms with Crippen molar-refractivity contribution in [2.75, 3.05) is 20.1 Å². The zero-order valence-corrected chi connectivity index (χ0v) is 14.3. The van der Waals surface area contributed by atoms with Gasteiger partial charge in [-0.25, -0.2) is 0 Å². The summed E-state index contributed by atoms with van der Waals surface area (Å²) in [5.41, 5.74) is 6.14. The Hall–Kier alpha value is -0.570. The van der Waals surface area contributed by atoms with Gasteiger partial charge in [0, 0.05) is 19.5 Å². The van der Waals surface area contributed by atoms with Gasteiger partial charge in [-0.05, 0) is 49.0 Å². The summed E-state index contributed by atoms with van der Waals surface area (Å²) in [5.74, 6) is 1.31. The Balaban J connectivity index is 2.51. The molecule has 3 nitrogen and oxygen atoms in total. The van der Waals surface area contributed by atoms with Gasteiger partial charge in [-0.2, -0.15) is 0 Å². The van der Waals surface area contributed by atoms with Gasteiger partial charge in [0.1, 0.15) is 0 Å². The minimum absolute atomic E-state index is 0.00697. The van der Waals surface area contributed by atoms with Crippen molar-refractivity contribution in [1.82, 2.24) is 4.90 Å². The molecule has 0 atom stereocenters. The number of hydrogen-bond acceptors (Lipinski definition) is 2. The van der Waals surface area contributed by atoms with E-state index in [0.717, 1.165) is 25.3 Å². The number of nitrogens with zero attached hydrogens (tertiary/aromatic N) is 1. The summed E-state index contributed by atoms with van der Waals surface area (Å²) in [6.07, 6.45) is 4.48. The summed E-state index contributed by atoms with van der Waals surface area (Å²) >= 11 is 0. The molecule has 3 heteroatoms. The first kappa shape index (κ1) is 17.5. The van der Waals surface area contributed by atoms with E-state index in [9.17, 15) is 4.79 Å². The van der Waals surface area contributed by atoms with Crippen LogP contribution in [-0.2, 0) is 4.79 Å². The molecule has 1 amide bonds. The summed E-state index contributed by atoms with van der Waals surface area (Å²) in [4.78, 5) is 14.4. The lowest BCUT2D eigenvalue weighted by atomic mass is 9.69. The molecule has 0 aliphatic heterocycles. The molecule has 118 valence electrons. The predicted octanol–water partition coefficient (Wildman–Crippen LogP) is 3.28. The van der Waals surface area contributed by atoms with Crippen molar-refractivity contribution in [3.05, 3.63) is 0 Å². The molecule has 0 spiro atoms. The normalized spacial score (nSPS) is 24.6. The first-order chi connectivity index (χ1) is 9.07. The number of nitrogens with two attached hydrogens (primary N) is 1. The Morgan fingerprint density at radius 3 is 2.00 bits per heavy atom. The molecule has 0 heterocycles. The molecule has 0 aromatic carbocycles. The standard InChI is InChI=1S/C17H34N2O/c1-16(2,3)14-9-7-13(8-10-14)15(20)19(6)12-17(4,5)11-18/h13-14H,7-12,18H2,1-6H3. The third-order valence-corrected chi connectivity index (χ3v) is 4.90. The Bertz CT molecular complexity index is 322. The second kappa shape index (κ2) is 6.46. The maximum Gasteiger partial charge on any atom is 0.225 e. The quantitative estimate of drug-likeness (QED) is 0.860. The van der Waals surface area contributed by atoms with Crippen molar-refractivity contribution < 1.29 is 4.79 Å². The molecule has 0 saturated heterocycles. The van der Waals surface area contributed by atoms with E-state index in [1.165, 1.54) is 12.8 Å². The van der Waals surface area contributed by atoms with Crippen LogP contribution >= 0.6 is 0 Å². The van der Waals surface area contributed by atoms with Gasteiger partial charge in [-0.3, -0.25) is 4.79 Å². The minimum atomic E-state index is 0.00697. The van der Waals surface area contributed by atoms with Crippen LogP contribution in [0.3, 0.4) is 0 Å². The average Bonchev–Trinajstić information content (AvgIpc) is 2.36. The van der Waals surface area contributed by atoms with E-state index in [4.69, 9.17) is 5.73 Å². The highest BCUT2D eigenvalue weighted by molar-refractivity contribution is 5.78. The Labute approximate surface area is 125 Å². The molecule has 1 aliphatic rings. The Kier molecular flexibility index (Phi) is 5.65. The first-order valence-electron chi connectivity index (χ1n) is 8.02. The van der Waals surface area contributed by atoms with Crippen LogP contribution in [0.1, 0.15) is 60.3 Å². The third kappa shape index (κ3) is 4.76. The van der Waals surface area contributed by atoms with E-state index in [1.54, 1.807) is 0 Å². The maximum atomic E-state index is 12.5. The third-order valence-electron chi connectivity index (χ3n) is 4.90. The van der Waals surface area contributed by atoms with Crippen molar-refractivity contribution in [1.29, 1.82) is 0 Å². The summed E-state index contributed by atoms with van der Waals surface area (Å²) in [6, 6.07) is 0. The Morgan fingerprint density at radius 2 is 1.60 bits per heavy atom. The van der Waals surface area contributed by atoms with Crippen LogP contribution in [0.25, 0.3) is 0 Å². The molecule has 0 unspecified atom stereocenters. The van der Waals surface area contributed by atoms with Crippen molar-refractivity contribution in [3.63, 3.8) is 0 Å². The van der Waals surface area contributed by atoms with Crippen LogP contribution in [0.15, 0.2) is 0 Å². The number of carbonyl (C=O) groups excluding carboxylic acids is 1. The molecule has 1 fully saturated rings. The molecule has 20 heavy (non-hydrogen) atoms. The smallest absolute Gasteiger partial charge is 0.225 e. The van der Waals surface area contributed by atoms with Gasteiger partial charge in [0.25, 0.3) is 0 Å². The second-order valence-electron chi connectivity index (χ2n) is 8.48. The fourth-order valence-electron chi connectivity index (χ4n) is 3.30. The van der Waals surface area contributed by atoms with Gasteiger partial charge >= 0.3 is 0 Å². The number of hydrogen-bond donors (Lipinski definition) is 1. The lowest BCUT2D eigenvalue weighted by Crippen LogP contribution is -2.43. The molecule has 0 aromatic heterocycles. The molecule has 1 rings (SSSR count). The van der Waals surface area contributed by atoms with Gasteiger partial charge in [0.05, 0.1) is 0 Å². The van der Waals surface area contributed by atoms with Gasteiger partial charge < -0.3 is 10.6 Å².